The standard InChI is InChI=1S/C13H19NO/c1-4-15-11-10-13(14(2)3)12-8-6-5-7-9-12/h5-10H,4,11H2,1-3H3/b13-10-. The number of nitrogens with zero attached hydrogens (tertiary/aromatic N) is 1. The molecule has 0 unspecified atom stereocenters. The lowest BCUT2D eigenvalue weighted by atomic mass is 10.1. The number of hydrogen-bond acceptors (Lipinski definition) is 2. The molecular weight excluding hydrogens is 186 g/mol. The van der Waals surface area contributed by atoms with E-state index in [0.29, 0.717) is 6.61 Å². The minimum Gasteiger partial charge on any atom is -0.378 e. The van der Waals surface area contributed by atoms with Crippen LogP contribution in [0.2, 0.25) is 0 Å². The zero-order chi connectivity index (χ0) is 11.1. The first kappa shape index (κ1) is 11.8. The molecule has 0 aliphatic rings. The number of hydrogen-bond donors (Lipinski definition) is 0. The topological polar surface area (TPSA) is 12.5 Å². The first-order valence-electron chi connectivity index (χ1n) is 5.26. The molecule has 0 radical (unpaired) electrons. The molecule has 0 bridgehead atoms. The summed E-state index contributed by atoms with van der Waals surface area (Å²) in [5.74, 6) is 0. The molecule has 0 saturated heterocycles. The maximum Gasteiger partial charge on any atom is 0.0670 e. The van der Waals surface area contributed by atoms with Gasteiger partial charge in [0.05, 0.1) is 6.61 Å². The van der Waals surface area contributed by atoms with Crippen molar-refractivity contribution in [2.24, 2.45) is 0 Å². The predicted molar refractivity (Wildman–Crippen MR) is 64.6 cm³/mol. The van der Waals surface area contributed by atoms with E-state index in [1.807, 2.05) is 39.2 Å². The van der Waals surface area contributed by atoms with Crippen LogP contribution in [0.1, 0.15) is 12.5 Å². The van der Waals surface area contributed by atoms with Gasteiger partial charge in [-0.25, -0.2) is 0 Å². The van der Waals surface area contributed by atoms with Crippen molar-refractivity contribution in [3.05, 3.63) is 42.0 Å². The lowest BCUT2D eigenvalue weighted by molar-refractivity contribution is 0.177. The largest absolute Gasteiger partial charge is 0.378 e. The van der Waals surface area contributed by atoms with Crippen LogP contribution in [-0.4, -0.2) is 32.2 Å². The van der Waals surface area contributed by atoms with Crippen LogP contribution in [0.25, 0.3) is 5.70 Å². The van der Waals surface area contributed by atoms with Crippen LogP contribution in [0.3, 0.4) is 0 Å². The minimum atomic E-state index is 0.666. The van der Waals surface area contributed by atoms with Crippen LogP contribution in [0, 0.1) is 0 Å². The van der Waals surface area contributed by atoms with Crippen molar-refractivity contribution in [1.82, 2.24) is 4.90 Å². The Morgan fingerprint density at radius 3 is 2.47 bits per heavy atom. The van der Waals surface area contributed by atoms with Crippen molar-refractivity contribution in [2.45, 2.75) is 6.92 Å². The smallest absolute Gasteiger partial charge is 0.0670 e. The van der Waals surface area contributed by atoms with Crippen molar-refractivity contribution in [1.29, 1.82) is 0 Å². The predicted octanol–water partition coefficient (Wildman–Crippen LogP) is 2.63. The average molecular weight is 205 g/mol. The second-order valence-corrected chi connectivity index (χ2v) is 3.51. The van der Waals surface area contributed by atoms with Crippen molar-refractivity contribution in [3.63, 3.8) is 0 Å². The zero-order valence-electron chi connectivity index (χ0n) is 9.73. The van der Waals surface area contributed by atoms with Gasteiger partial charge in [0.2, 0.25) is 0 Å². The second-order valence-electron chi connectivity index (χ2n) is 3.51. The molecule has 0 aromatic heterocycles. The molecule has 0 atom stereocenters. The monoisotopic (exact) mass is 205 g/mol. The third-order valence-corrected chi connectivity index (χ3v) is 2.15. The van der Waals surface area contributed by atoms with Crippen LogP contribution in [-0.2, 0) is 4.74 Å². The summed E-state index contributed by atoms with van der Waals surface area (Å²) < 4.78 is 5.33. The van der Waals surface area contributed by atoms with Gasteiger partial charge in [-0.05, 0) is 18.6 Å². The van der Waals surface area contributed by atoms with Gasteiger partial charge in [-0.2, -0.15) is 0 Å². The van der Waals surface area contributed by atoms with E-state index < -0.39 is 0 Å². The second kappa shape index (κ2) is 6.25. The Bertz CT molecular complexity index is 304. The van der Waals surface area contributed by atoms with Crippen molar-refractivity contribution in [2.75, 3.05) is 27.3 Å². The van der Waals surface area contributed by atoms with E-state index in [0.717, 1.165) is 6.61 Å². The Labute approximate surface area is 92.2 Å². The van der Waals surface area contributed by atoms with E-state index in [4.69, 9.17) is 4.74 Å². The van der Waals surface area contributed by atoms with Crippen LogP contribution in [0.4, 0.5) is 0 Å². The maximum atomic E-state index is 5.33. The molecule has 0 saturated carbocycles. The fourth-order valence-electron chi connectivity index (χ4n) is 1.42. The summed E-state index contributed by atoms with van der Waals surface area (Å²) in [4.78, 5) is 2.11. The number of benzene rings is 1. The van der Waals surface area contributed by atoms with Gasteiger partial charge in [0.1, 0.15) is 0 Å². The molecule has 2 nitrogen and oxygen atoms in total. The molecule has 0 aliphatic carbocycles. The van der Waals surface area contributed by atoms with Crippen molar-refractivity contribution >= 4 is 5.70 Å². The number of rotatable bonds is 5. The molecule has 0 spiro atoms. The lowest BCUT2D eigenvalue weighted by Gasteiger charge is -2.17. The molecule has 0 heterocycles. The summed E-state index contributed by atoms with van der Waals surface area (Å²) in [5, 5.41) is 0. The Morgan fingerprint density at radius 2 is 1.93 bits per heavy atom. The average Bonchev–Trinajstić information content (AvgIpc) is 2.25. The lowest BCUT2D eigenvalue weighted by Crippen LogP contribution is -2.10. The Kier molecular flexibility index (Phi) is 4.91. The van der Waals surface area contributed by atoms with Crippen molar-refractivity contribution < 1.29 is 4.74 Å². The summed E-state index contributed by atoms with van der Waals surface area (Å²) in [6, 6.07) is 10.3. The van der Waals surface area contributed by atoms with Crippen LogP contribution in [0.15, 0.2) is 36.4 Å². The Balaban J connectivity index is 2.79. The van der Waals surface area contributed by atoms with Gasteiger partial charge in [-0.3, -0.25) is 0 Å². The minimum absolute atomic E-state index is 0.666. The molecule has 15 heavy (non-hydrogen) atoms. The van der Waals surface area contributed by atoms with E-state index >= 15 is 0 Å². The highest BCUT2D eigenvalue weighted by atomic mass is 16.5. The molecular formula is C13H19NO. The summed E-state index contributed by atoms with van der Waals surface area (Å²) in [6.07, 6.45) is 2.11. The van der Waals surface area contributed by atoms with Crippen molar-refractivity contribution in [3.8, 4) is 0 Å². The Morgan fingerprint density at radius 1 is 1.27 bits per heavy atom. The third-order valence-electron chi connectivity index (χ3n) is 2.15. The summed E-state index contributed by atoms with van der Waals surface area (Å²) in [6.45, 7) is 3.43. The fraction of sp³-hybridized carbons (Fsp3) is 0.385. The third kappa shape index (κ3) is 3.76. The van der Waals surface area contributed by atoms with Crippen LogP contribution < -0.4 is 0 Å². The molecule has 0 fully saturated rings. The number of ether oxygens (including phenoxy) is 1. The normalized spacial score (nSPS) is 11.5. The molecule has 2 heteroatoms. The van der Waals surface area contributed by atoms with Gasteiger partial charge in [-0.15, -0.1) is 0 Å². The summed E-state index contributed by atoms with van der Waals surface area (Å²) >= 11 is 0. The molecule has 1 rings (SSSR count). The van der Waals surface area contributed by atoms with E-state index in [-0.39, 0.29) is 0 Å². The Hall–Kier alpha value is -1.28. The molecule has 82 valence electrons. The van der Waals surface area contributed by atoms with Crippen LogP contribution in [0.5, 0.6) is 0 Å². The van der Waals surface area contributed by atoms with Gasteiger partial charge in [0, 0.05) is 26.4 Å². The van der Waals surface area contributed by atoms with Gasteiger partial charge in [0.25, 0.3) is 0 Å². The molecule has 1 aromatic carbocycles. The molecule has 0 aliphatic heterocycles. The van der Waals surface area contributed by atoms with E-state index in [9.17, 15) is 0 Å². The maximum absolute atomic E-state index is 5.33. The molecule has 0 amide bonds. The highest BCUT2D eigenvalue weighted by molar-refractivity contribution is 5.63. The highest BCUT2D eigenvalue weighted by Gasteiger charge is 2.01. The molecule has 1 aromatic rings. The van der Waals surface area contributed by atoms with Crippen LogP contribution >= 0.6 is 0 Å². The highest BCUT2D eigenvalue weighted by Crippen LogP contribution is 2.15. The first-order valence-corrected chi connectivity index (χ1v) is 5.26. The summed E-state index contributed by atoms with van der Waals surface area (Å²) in [7, 11) is 4.09. The van der Waals surface area contributed by atoms with E-state index in [2.05, 4.69) is 23.1 Å². The first-order chi connectivity index (χ1) is 7.25. The van der Waals surface area contributed by atoms with E-state index in [1.54, 1.807) is 0 Å². The zero-order valence-corrected chi connectivity index (χ0v) is 9.73. The fourth-order valence-corrected chi connectivity index (χ4v) is 1.42. The quantitative estimate of drug-likeness (QED) is 0.685. The van der Waals surface area contributed by atoms with Gasteiger partial charge >= 0.3 is 0 Å². The van der Waals surface area contributed by atoms with Gasteiger partial charge in [-0.1, -0.05) is 30.3 Å². The molecule has 0 N–H and O–H groups in total. The van der Waals surface area contributed by atoms with Gasteiger partial charge in [0.15, 0.2) is 0 Å². The summed E-state index contributed by atoms with van der Waals surface area (Å²) in [5.41, 5.74) is 2.42. The van der Waals surface area contributed by atoms with Gasteiger partial charge < -0.3 is 9.64 Å². The van der Waals surface area contributed by atoms with E-state index in [1.165, 1.54) is 11.3 Å². The SMILES string of the molecule is CCOC/C=C(/c1ccccc1)N(C)C.